The van der Waals surface area contributed by atoms with Crippen molar-refractivity contribution in [3.05, 3.63) is 30.0 Å². The molecule has 0 saturated carbocycles. The maximum atomic E-state index is 12.1. The molecule has 0 atom stereocenters. The lowest BCUT2D eigenvalue weighted by Gasteiger charge is -2.21. The van der Waals surface area contributed by atoms with Crippen molar-refractivity contribution < 1.29 is 13.4 Å². The zero-order valence-corrected chi connectivity index (χ0v) is 11.7. The van der Waals surface area contributed by atoms with Crippen LogP contribution in [0.5, 0.6) is 0 Å². The number of hydrogen-bond acceptors (Lipinski definition) is 4. The van der Waals surface area contributed by atoms with Gasteiger partial charge in [0, 0.05) is 39.4 Å². The molecule has 1 amide bonds. The van der Waals surface area contributed by atoms with Gasteiger partial charge in [-0.15, -0.1) is 0 Å². The molecule has 1 aliphatic rings. The van der Waals surface area contributed by atoms with Crippen molar-refractivity contribution >= 4 is 33.4 Å². The predicted molar refractivity (Wildman–Crippen MR) is 79.0 cm³/mol. The fourth-order valence-corrected chi connectivity index (χ4v) is 3.67. The lowest BCUT2D eigenvalue weighted by Crippen LogP contribution is -2.39. The van der Waals surface area contributed by atoms with Crippen LogP contribution < -0.4 is 11.1 Å². The van der Waals surface area contributed by atoms with Crippen molar-refractivity contribution in [1.29, 1.82) is 0 Å². The van der Waals surface area contributed by atoms with Gasteiger partial charge in [0.15, 0.2) is 5.76 Å². The average Bonchev–Trinajstić information content (AvgIpc) is 2.84. The lowest BCUT2D eigenvalue weighted by atomic mass is 10.1. The van der Waals surface area contributed by atoms with Crippen molar-refractivity contribution in [2.45, 2.75) is 18.9 Å². The smallest absolute Gasteiger partial charge is 0.287 e. The fraction of sp³-hybridized carbons (Fsp3) is 0.357. The quantitative estimate of drug-likeness (QED) is 0.824. The van der Waals surface area contributed by atoms with E-state index in [9.17, 15) is 9.00 Å². The van der Waals surface area contributed by atoms with Gasteiger partial charge in [-0.2, -0.15) is 0 Å². The molecule has 1 aliphatic heterocycles. The van der Waals surface area contributed by atoms with E-state index in [1.165, 1.54) is 0 Å². The molecular formula is C14H16N2O3S. The molecule has 0 unspecified atom stereocenters. The molecule has 0 aliphatic carbocycles. The van der Waals surface area contributed by atoms with E-state index in [0.717, 1.165) is 18.2 Å². The first-order valence-electron chi connectivity index (χ1n) is 6.57. The minimum atomic E-state index is -0.724. The number of nitrogen functional groups attached to an aromatic ring is 1. The third kappa shape index (κ3) is 2.70. The Morgan fingerprint density at radius 1 is 1.30 bits per heavy atom. The zero-order chi connectivity index (χ0) is 14.1. The minimum Gasteiger partial charge on any atom is -0.451 e. The number of hydrogen-bond donors (Lipinski definition) is 2. The van der Waals surface area contributed by atoms with E-state index in [4.69, 9.17) is 10.2 Å². The summed E-state index contributed by atoms with van der Waals surface area (Å²) in [6.45, 7) is 0. The number of furan rings is 1. The van der Waals surface area contributed by atoms with Crippen molar-refractivity contribution in [2.75, 3.05) is 17.2 Å². The Morgan fingerprint density at radius 2 is 2.05 bits per heavy atom. The van der Waals surface area contributed by atoms with Crippen molar-refractivity contribution in [2.24, 2.45) is 0 Å². The summed E-state index contributed by atoms with van der Waals surface area (Å²) < 4.78 is 16.8. The Labute approximate surface area is 119 Å². The second-order valence-corrected chi connectivity index (χ2v) is 6.70. The summed E-state index contributed by atoms with van der Waals surface area (Å²) in [5.41, 5.74) is 6.99. The third-order valence-electron chi connectivity index (χ3n) is 3.49. The van der Waals surface area contributed by atoms with E-state index >= 15 is 0 Å². The second-order valence-electron chi connectivity index (χ2n) is 5.00. The number of fused-ring (bicyclic) bond motifs is 1. The lowest BCUT2D eigenvalue weighted by molar-refractivity contribution is 0.0908. The number of benzene rings is 1. The first-order chi connectivity index (χ1) is 9.61. The molecule has 2 aromatic rings. The molecule has 0 bridgehead atoms. The summed E-state index contributed by atoms with van der Waals surface area (Å²) >= 11 is 0. The highest BCUT2D eigenvalue weighted by Crippen LogP contribution is 2.22. The number of carbonyl (C=O) groups excluding carboxylic acids is 1. The van der Waals surface area contributed by atoms with Crippen LogP contribution in [0.1, 0.15) is 23.4 Å². The SMILES string of the molecule is Nc1ccc2oc(C(=O)NC3CCS(=O)CC3)cc2c1. The van der Waals surface area contributed by atoms with Crippen LogP contribution in [0.3, 0.4) is 0 Å². The number of anilines is 1. The summed E-state index contributed by atoms with van der Waals surface area (Å²) in [4.78, 5) is 12.1. The second kappa shape index (κ2) is 5.28. The molecule has 0 radical (unpaired) electrons. The average molecular weight is 292 g/mol. The standard InChI is InChI=1S/C14H16N2O3S/c15-10-1-2-12-9(7-10)8-13(19-12)14(17)16-11-3-5-20(18)6-4-11/h1-2,7-8,11H,3-6,15H2,(H,16,17). The molecule has 2 heterocycles. The molecule has 5 nitrogen and oxygen atoms in total. The number of amides is 1. The number of nitrogens with two attached hydrogens (primary N) is 1. The van der Waals surface area contributed by atoms with Gasteiger partial charge in [0.05, 0.1) is 0 Å². The largest absolute Gasteiger partial charge is 0.451 e. The highest BCUT2D eigenvalue weighted by molar-refractivity contribution is 7.85. The van der Waals surface area contributed by atoms with Crippen LogP contribution in [-0.4, -0.2) is 27.7 Å². The number of carbonyl (C=O) groups is 1. The van der Waals surface area contributed by atoms with E-state index in [1.807, 2.05) is 0 Å². The van der Waals surface area contributed by atoms with Gasteiger partial charge in [0.25, 0.3) is 5.91 Å². The van der Waals surface area contributed by atoms with Crippen LogP contribution in [0, 0.1) is 0 Å². The Kier molecular flexibility index (Phi) is 3.48. The van der Waals surface area contributed by atoms with Crippen LogP contribution in [-0.2, 0) is 10.8 Å². The summed E-state index contributed by atoms with van der Waals surface area (Å²) in [5.74, 6) is 1.37. The van der Waals surface area contributed by atoms with E-state index in [1.54, 1.807) is 24.3 Å². The number of nitrogens with one attached hydrogen (secondary N) is 1. The Hall–Kier alpha value is -1.82. The predicted octanol–water partition coefficient (Wildman–Crippen LogP) is 1.66. The highest BCUT2D eigenvalue weighted by atomic mass is 32.2. The molecule has 20 heavy (non-hydrogen) atoms. The van der Waals surface area contributed by atoms with Crippen molar-refractivity contribution in [1.82, 2.24) is 5.32 Å². The molecule has 3 rings (SSSR count). The van der Waals surface area contributed by atoms with Crippen LogP contribution >= 0.6 is 0 Å². The van der Waals surface area contributed by atoms with Crippen LogP contribution in [0.15, 0.2) is 28.7 Å². The highest BCUT2D eigenvalue weighted by Gasteiger charge is 2.21. The van der Waals surface area contributed by atoms with Crippen LogP contribution in [0.25, 0.3) is 11.0 Å². The van der Waals surface area contributed by atoms with Gasteiger partial charge in [-0.05, 0) is 37.1 Å². The van der Waals surface area contributed by atoms with E-state index in [-0.39, 0.29) is 17.7 Å². The van der Waals surface area contributed by atoms with Gasteiger partial charge in [0.1, 0.15) is 5.58 Å². The molecule has 1 aromatic heterocycles. The third-order valence-corrected chi connectivity index (χ3v) is 4.87. The Morgan fingerprint density at radius 3 is 2.80 bits per heavy atom. The van der Waals surface area contributed by atoms with Gasteiger partial charge in [-0.1, -0.05) is 0 Å². The van der Waals surface area contributed by atoms with E-state index in [2.05, 4.69) is 5.32 Å². The maximum absolute atomic E-state index is 12.1. The number of rotatable bonds is 2. The van der Waals surface area contributed by atoms with Crippen LogP contribution in [0.2, 0.25) is 0 Å². The molecule has 0 spiro atoms. The first-order valence-corrected chi connectivity index (χ1v) is 8.05. The summed E-state index contributed by atoms with van der Waals surface area (Å²) in [5, 5.41) is 3.75. The Balaban J connectivity index is 1.73. The first kappa shape index (κ1) is 13.2. The van der Waals surface area contributed by atoms with E-state index in [0.29, 0.717) is 22.8 Å². The molecule has 1 fully saturated rings. The molecule has 6 heteroatoms. The summed E-state index contributed by atoms with van der Waals surface area (Å²) in [7, 11) is -0.724. The maximum Gasteiger partial charge on any atom is 0.287 e. The van der Waals surface area contributed by atoms with Gasteiger partial charge in [-0.3, -0.25) is 9.00 Å². The fourth-order valence-electron chi connectivity index (χ4n) is 2.37. The molecule has 1 saturated heterocycles. The van der Waals surface area contributed by atoms with Crippen molar-refractivity contribution in [3.63, 3.8) is 0 Å². The summed E-state index contributed by atoms with van der Waals surface area (Å²) in [6.07, 6.45) is 1.51. The van der Waals surface area contributed by atoms with Gasteiger partial charge >= 0.3 is 0 Å². The Bertz CT molecular complexity index is 670. The van der Waals surface area contributed by atoms with Gasteiger partial charge in [0.2, 0.25) is 0 Å². The molecule has 106 valence electrons. The topological polar surface area (TPSA) is 85.3 Å². The van der Waals surface area contributed by atoms with Crippen LogP contribution in [0.4, 0.5) is 5.69 Å². The van der Waals surface area contributed by atoms with Crippen molar-refractivity contribution in [3.8, 4) is 0 Å². The molecule has 1 aromatic carbocycles. The molecule has 3 N–H and O–H groups in total. The monoisotopic (exact) mass is 292 g/mol. The normalized spacial score (nSPS) is 22.8. The molecular weight excluding hydrogens is 276 g/mol. The van der Waals surface area contributed by atoms with Gasteiger partial charge < -0.3 is 15.5 Å². The van der Waals surface area contributed by atoms with Gasteiger partial charge in [-0.25, -0.2) is 0 Å². The zero-order valence-electron chi connectivity index (χ0n) is 10.9. The summed E-state index contributed by atoms with van der Waals surface area (Å²) in [6, 6.07) is 7.05. The van der Waals surface area contributed by atoms with E-state index < -0.39 is 10.8 Å². The minimum absolute atomic E-state index is 0.0819.